The predicted octanol–water partition coefficient (Wildman–Crippen LogP) is 7.01. The molecule has 2 N–H and O–H groups in total. The molecule has 206 valence electrons. The molecule has 0 radical (unpaired) electrons. The number of carbonyl (C=O) groups excluding carboxylic acids is 1. The van der Waals surface area contributed by atoms with Gasteiger partial charge in [0.2, 0.25) is 0 Å². The Morgan fingerprint density at radius 3 is 2.17 bits per heavy atom. The van der Waals surface area contributed by atoms with Crippen LogP contribution in [0.15, 0.2) is 24.3 Å². The number of aromatic carboxylic acids is 1. The highest BCUT2D eigenvalue weighted by Crippen LogP contribution is 2.62. The molecule has 0 aromatic heterocycles. The van der Waals surface area contributed by atoms with E-state index in [-0.39, 0.29) is 22.9 Å². The Balaban J connectivity index is 0.000000361. The van der Waals surface area contributed by atoms with E-state index in [4.69, 9.17) is 31.3 Å². The third kappa shape index (κ3) is 7.45. The zero-order chi connectivity index (χ0) is 27.7. The maximum absolute atomic E-state index is 11.6. The molecule has 2 heterocycles. The lowest BCUT2D eigenvalue weighted by molar-refractivity contribution is -0.214. The Hall–Kier alpha value is -1.63. The van der Waals surface area contributed by atoms with Crippen molar-refractivity contribution < 1.29 is 29.3 Å². The number of benzene rings is 1. The third-order valence-corrected chi connectivity index (χ3v) is 7.89. The summed E-state index contributed by atoms with van der Waals surface area (Å²) in [6.45, 7) is 16.6. The molecule has 2 bridgehead atoms. The molecule has 2 aliphatic heterocycles. The van der Waals surface area contributed by atoms with E-state index in [2.05, 4.69) is 41.5 Å². The summed E-state index contributed by atoms with van der Waals surface area (Å²) >= 11 is 5.52. The van der Waals surface area contributed by atoms with Gasteiger partial charge in [-0.15, -0.1) is 0 Å². The van der Waals surface area contributed by atoms with Gasteiger partial charge in [0, 0.05) is 11.4 Å². The van der Waals surface area contributed by atoms with Crippen LogP contribution in [0.25, 0.3) is 0 Å². The summed E-state index contributed by atoms with van der Waals surface area (Å²) in [4.78, 5) is 21.9. The Kier molecular flexibility index (Phi) is 12.9. The van der Waals surface area contributed by atoms with E-state index in [0.29, 0.717) is 22.8 Å². The van der Waals surface area contributed by atoms with Crippen molar-refractivity contribution in [2.24, 2.45) is 23.7 Å². The van der Waals surface area contributed by atoms with Crippen LogP contribution in [0.4, 0.5) is 0 Å². The minimum Gasteiger partial charge on any atom is -0.478 e. The van der Waals surface area contributed by atoms with Gasteiger partial charge < -0.3 is 19.7 Å². The van der Waals surface area contributed by atoms with Crippen molar-refractivity contribution in [1.82, 2.24) is 0 Å². The molecule has 3 unspecified atom stereocenters. The number of carbonyl (C=O) groups is 2. The normalized spacial score (nSPS) is 31.5. The van der Waals surface area contributed by atoms with Gasteiger partial charge in [-0.25, -0.2) is 9.59 Å². The van der Waals surface area contributed by atoms with Gasteiger partial charge in [-0.3, -0.25) is 0 Å². The predicted molar refractivity (Wildman–Crippen MR) is 144 cm³/mol. The van der Waals surface area contributed by atoms with Gasteiger partial charge in [0.15, 0.2) is 0 Å². The van der Waals surface area contributed by atoms with Gasteiger partial charge in [-0.1, -0.05) is 72.9 Å². The van der Waals surface area contributed by atoms with Crippen LogP contribution in [-0.2, 0) is 14.3 Å². The second-order valence-corrected chi connectivity index (χ2v) is 10.8. The van der Waals surface area contributed by atoms with Crippen molar-refractivity contribution >= 4 is 23.5 Å². The topological polar surface area (TPSA) is 93.1 Å². The molecule has 3 fully saturated rings. The van der Waals surface area contributed by atoms with E-state index in [0.717, 1.165) is 25.2 Å². The molecule has 1 aliphatic carbocycles. The van der Waals surface area contributed by atoms with Crippen molar-refractivity contribution in [3.05, 3.63) is 34.9 Å². The van der Waals surface area contributed by atoms with Gasteiger partial charge in [0.25, 0.3) is 0 Å². The molecular formula is C29H47ClO6. The van der Waals surface area contributed by atoms with Crippen LogP contribution in [0.2, 0.25) is 5.02 Å². The molecule has 6 atom stereocenters. The summed E-state index contributed by atoms with van der Waals surface area (Å²) in [6.07, 6.45) is 5.28. The first-order chi connectivity index (χ1) is 16.9. The van der Waals surface area contributed by atoms with Crippen LogP contribution < -0.4 is 0 Å². The molecule has 0 amide bonds. The Labute approximate surface area is 222 Å². The van der Waals surface area contributed by atoms with E-state index in [1.807, 2.05) is 13.8 Å². The minimum absolute atomic E-state index is 0.172. The summed E-state index contributed by atoms with van der Waals surface area (Å²) in [5.41, 5.74) is -0.304. The van der Waals surface area contributed by atoms with Crippen molar-refractivity contribution in [1.29, 1.82) is 0 Å². The van der Waals surface area contributed by atoms with Gasteiger partial charge in [-0.2, -0.15) is 0 Å². The maximum atomic E-state index is 11.6. The number of hydrogen-bond donors (Lipinski definition) is 2. The number of esters is 1. The largest absolute Gasteiger partial charge is 0.478 e. The molecule has 0 spiro atoms. The summed E-state index contributed by atoms with van der Waals surface area (Å²) < 4.78 is 12.2. The highest BCUT2D eigenvalue weighted by Gasteiger charge is 2.66. The van der Waals surface area contributed by atoms with E-state index < -0.39 is 18.5 Å². The second kappa shape index (κ2) is 14.3. The molecule has 1 saturated carbocycles. The lowest BCUT2D eigenvalue weighted by atomic mass is 9.72. The maximum Gasteiger partial charge on any atom is 0.335 e. The van der Waals surface area contributed by atoms with Crippen molar-refractivity contribution in [3.8, 4) is 0 Å². The molecule has 1 aromatic carbocycles. The minimum atomic E-state index is -0.934. The quantitative estimate of drug-likeness (QED) is 0.410. The summed E-state index contributed by atoms with van der Waals surface area (Å²) in [5.74, 6) is 0.810. The van der Waals surface area contributed by atoms with Crippen LogP contribution in [0.1, 0.15) is 97.9 Å². The lowest BCUT2D eigenvalue weighted by Crippen LogP contribution is -2.53. The number of ether oxygens (including phenoxy) is 2. The highest BCUT2D eigenvalue weighted by molar-refractivity contribution is 6.30. The summed E-state index contributed by atoms with van der Waals surface area (Å²) in [6, 6.07) is 6.02. The van der Waals surface area contributed by atoms with E-state index >= 15 is 0 Å². The van der Waals surface area contributed by atoms with Crippen molar-refractivity contribution in [2.45, 2.75) is 105 Å². The molecule has 2 saturated heterocycles. The molecule has 36 heavy (non-hydrogen) atoms. The zero-order valence-corrected chi connectivity index (χ0v) is 24.1. The number of fused-ring (bicyclic) bond motifs is 4. The van der Waals surface area contributed by atoms with Crippen LogP contribution in [0.3, 0.4) is 0 Å². The van der Waals surface area contributed by atoms with Crippen molar-refractivity contribution in [2.75, 3.05) is 6.61 Å². The van der Waals surface area contributed by atoms with E-state index in [9.17, 15) is 9.59 Å². The highest BCUT2D eigenvalue weighted by atomic mass is 35.5. The number of halogens is 1. The van der Waals surface area contributed by atoms with Crippen molar-refractivity contribution in [3.63, 3.8) is 0 Å². The van der Waals surface area contributed by atoms with E-state index in [1.165, 1.54) is 25.0 Å². The lowest BCUT2D eigenvalue weighted by Gasteiger charge is -2.48. The Morgan fingerprint density at radius 2 is 1.69 bits per heavy atom. The van der Waals surface area contributed by atoms with Gasteiger partial charge in [0.05, 0.1) is 11.2 Å². The Morgan fingerprint density at radius 1 is 1.14 bits per heavy atom. The monoisotopic (exact) mass is 526 g/mol. The summed E-state index contributed by atoms with van der Waals surface area (Å²) in [5, 5.41) is 18.0. The van der Waals surface area contributed by atoms with E-state index in [1.54, 1.807) is 12.1 Å². The first-order valence-electron chi connectivity index (χ1n) is 13.4. The molecule has 1 aromatic rings. The standard InChI is InChI=1S/C17H28O4.C7H5ClO2.C3H8.C2H6/c1-10(2)17-7-12-11(3)5-6-13(12)16(4,21-17)14(8-17)20-15(19)9-18;8-6-3-1-5(2-4-6)7(9)10;1-3-2;1-2/h10-14,18H,5-9H2,1-4H3;1-4H,(H,9,10);3H2,1-2H3;1-2H3/t11-,12-,13-,14?,16?,17?;;;/m1.../s1. The number of carboxylic acids is 1. The fourth-order valence-electron chi connectivity index (χ4n) is 5.76. The second-order valence-electron chi connectivity index (χ2n) is 10.4. The van der Waals surface area contributed by atoms with Crippen LogP contribution in [0, 0.1) is 23.7 Å². The average Bonchev–Trinajstić information content (AvgIpc) is 3.32. The first kappa shape index (κ1) is 32.4. The number of carboxylic acid groups (broad SMARTS) is 1. The third-order valence-electron chi connectivity index (χ3n) is 7.64. The Bertz CT molecular complexity index is 826. The fraction of sp³-hybridized carbons (Fsp3) is 0.724. The SMILES string of the molecule is CC.CC(C)C12CC(OC(=O)CO)C(C)(O1)[C@@H]1CC[C@@H](C)[C@H]1C2.CCC.O=C(O)c1ccc(Cl)cc1. The number of aliphatic hydroxyl groups is 1. The summed E-state index contributed by atoms with van der Waals surface area (Å²) in [7, 11) is 0. The number of hydrogen-bond acceptors (Lipinski definition) is 5. The molecular weight excluding hydrogens is 480 g/mol. The zero-order valence-electron chi connectivity index (χ0n) is 23.3. The first-order valence-corrected chi connectivity index (χ1v) is 13.8. The van der Waals surface area contributed by atoms with Crippen LogP contribution in [0.5, 0.6) is 0 Å². The van der Waals surface area contributed by atoms with Gasteiger partial charge >= 0.3 is 11.9 Å². The number of aliphatic hydroxyl groups excluding tert-OH is 1. The molecule has 4 rings (SSSR count). The van der Waals surface area contributed by atoms with Gasteiger partial charge in [0.1, 0.15) is 18.3 Å². The molecule has 6 nitrogen and oxygen atoms in total. The van der Waals surface area contributed by atoms with Crippen LogP contribution in [-0.4, -0.2) is 46.1 Å². The van der Waals surface area contributed by atoms with Crippen LogP contribution >= 0.6 is 11.6 Å². The fourth-order valence-corrected chi connectivity index (χ4v) is 5.88. The molecule has 3 aliphatic rings. The number of rotatable bonds is 4. The molecule has 7 heteroatoms. The smallest absolute Gasteiger partial charge is 0.335 e. The van der Waals surface area contributed by atoms with Gasteiger partial charge in [-0.05, 0) is 67.7 Å². The average molecular weight is 527 g/mol.